The van der Waals surface area contributed by atoms with E-state index in [9.17, 15) is 18.0 Å². The van der Waals surface area contributed by atoms with Crippen molar-refractivity contribution in [2.75, 3.05) is 6.54 Å². The van der Waals surface area contributed by atoms with E-state index in [1.54, 1.807) is 13.8 Å². The number of aromatic nitrogens is 2. The third kappa shape index (κ3) is 4.56. The van der Waals surface area contributed by atoms with Gasteiger partial charge in [0.15, 0.2) is 5.69 Å². The molecule has 0 aliphatic heterocycles. The van der Waals surface area contributed by atoms with E-state index in [0.29, 0.717) is 0 Å². The zero-order chi connectivity index (χ0) is 17.3. The number of hydrogen-bond donors (Lipinski definition) is 2. The van der Waals surface area contributed by atoms with E-state index in [1.165, 1.54) is 29.1 Å². The summed E-state index contributed by atoms with van der Waals surface area (Å²) in [6, 6.07) is 6.14. The van der Waals surface area contributed by atoms with E-state index in [-0.39, 0.29) is 17.9 Å². The molecule has 1 amide bonds. The highest BCUT2D eigenvalue weighted by Crippen LogP contribution is 2.30. The molecule has 0 spiro atoms. The number of benzene rings is 1. The van der Waals surface area contributed by atoms with Gasteiger partial charge < -0.3 is 11.1 Å². The van der Waals surface area contributed by atoms with Gasteiger partial charge in [-0.25, -0.2) is 4.68 Å². The summed E-state index contributed by atoms with van der Waals surface area (Å²) < 4.78 is 39.4. The third-order valence-corrected chi connectivity index (χ3v) is 2.96. The van der Waals surface area contributed by atoms with Crippen LogP contribution in [0.2, 0.25) is 0 Å². The van der Waals surface area contributed by atoms with Crippen molar-refractivity contribution in [1.29, 1.82) is 0 Å². The van der Waals surface area contributed by atoms with E-state index in [0.717, 1.165) is 12.1 Å². The Morgan fingerprint density at radius 2 is 2.00 bits per heavy atom. The standard InChI is InChI=1S/C15H17F3N4O/c1-14(2,19)9-20-13(23)12-6-7-22(21-12)11-5-3-4-10(8-11)15(16,17)18/h3-8H,9,19H2,1-2H3,(H,20,23). The quantitative estimate of drug-likeness (QED) is 0.906. The fourth-order valence-electron chi connectivity index (χ4n) is 1.81. The van der Waals surface area contributed by atoms with Crippen LogP contribution in [0.3, 0.4) is 0 Å². The molecule has 0 atom stereocenters. The lowest BCUT2D eigenvalue weighted by Gasteiger charge is -2.18. The molecule has 0 aliphatic carbocycles. The van der Waals surface area contributed by atoms with Gasteiger partial charge in [-0.15, -0.1) is 0 Å². The Balaban J connectivity index is 2.18. The van der Waals surface area contributed by atoms with Crippen molar-refractivity contribution >= 4 is 5.91 Å². The van der Waals surface area contributed by atoms with Gasteiger partial charge in [0.05, 0.1) is 11.3 Å². The summed E-state index contributed by atoms with van der Waals surface area (Å²) in [4.78, 5) is 11.9. The van der Waals surface area contributed by atoms with Crippen molar-refractivity contribution in [1.82, 2.24) is 15.1 Å². The second kappa shape index (κ2) is 6.04. The van der Waals surface area contributed by atoms with Gasteiger partial charge in [-0.2, -0.15) is 18.3 Å². The molecule has 0 radical (unpaired) electrons. The molecule has 2 rings (SSSR count). The first-order valence-corrected chi connectivity index (χ1v) is 6.87. The van der Waals surface area contributed by atoms with Crippen molar-refractivity contribution in [3.63, 3.8) is 0 Å². The van der Waals surface area contributed by atoms with Gasteiger partial charge in [0.25, 0.3) is 5.91 Å². The molecule has 1 heterocycles. The van der Waals surface area contributed by atoms with Crippen LogP contribution < -0.4 is 11.1 Å². The number of carbonyl (C=O) groups excluding carboxylic acids is 1. The molecule has 0 saturated carbocycles. The van der Waals surface area contributed by atoms with Crippen molar-refractivity contribution in [2.45, 2.75) is 25.6 Å². The van der Waals surface area contributed by atoms with Gasteiger partial charge >= 0.3 is 6.18 Å². The van der Waals surface area contributed by atoms with Crippen LogP contribution >= 0.6 is 0 Å². The Morgan fingerprint density at radius 3 is 2.61 bits per heavy atom. The van der Waals surface area contributed by atoms with Gasteiger partial charge in [0.2, 0.25) is 0 Å². The van der Waals surface area contributed by atoms with Crippen molar-refractivity contribution in [2.24, 2.45) is 5.73 Å². The minimum absolute atomic E-state index is 0.103. The van der Waals surface area contributed by atoms with Gasteiger partial charge in [0.1, 0.15) is 0 Å². The molecule has 0 bridgehead atoms. The third-order valence-electron chi connectivity index (χ3n) is 2.96. The highest BCUT2D eigenvalue weighted by Gasteiger charge is 2.30. The Labute approximate surface area is 131 Å². The molecule has 0 fully saturated rings. The highest BCUT2D eigenvalue weighted by molar-refractivity contribution is 5.92. The molecular weight excluding hydrogens is 309 g/mol. The van der Waals surface area contributed by atoms with Crippen LogP contribution in [-0.4, -0.2) is 27.8 Å². The first-order valence-electron chi connectivity index (χ1n) is 6.87. The predicted molar refractivity (Wildman–Crippen MR) is 79.2 cm³/mol. The smallest absolute Gasteiger partial charge is 0.349 e. The minimum atomic E-state index is -4.43. The SMILES string of the molecule is CC(C)(N)CNC(=O)c1ccn(-c2cccc(C(F)(F)F)c2)n1. The zero-order valence-electron chi connectivity index (χ0n) is 12.7. The first-order chi connectivity index (χ1) is 10.6. The van der Waals surface area contributed by atoms with Crippen LogP contribution in [0.15, 0.2) is 36.5 Å². The van der Waals surface area contributed by atoms with Crippen molar-refractivity contribution in [3.05, 3.63) is 47.8 Å². The topological polar surface area (TPSA) is 72.9 Å². The van der Waals surface area contributed by atoms with Crippen LogP contribution in [0.5, 0.6) is 0 Å². The Bertz CT molecular complexity index is 701. The van der Waals surface area contributed by atoms with Crippen LogP contribution in [0.1, 0.15) is 29.9 Å². The maximum absolute atomic E-state index is 12.7. The summed E-state index contributed by atoms with van der Waals surface area (Å²) >= 11 is 0. The largest absolute Gasteiger partial charge is 0.416 e. The summed E-state index contributed by atoms with van der Waals surface area (Å²) in [7, 11) is 0. The molecule has 5 nitrogen and oxygen atoms in total. The molecule has 23 heavy (non-hydrogen) atoms. The Hall–Kier alpha value is -2.35. The second-order valence-corrected chi connectivity index (χ2v) is 5.86. The summed E-state index contributed by atoms with van der Waals surface area (Å²) in [5.74, 6) is -0.436. The second-order valence-electron chi connectivity index (χ2n) is 5.86. The molecular formula is C15H17F3N4O. The molecule has 2 aromatic rings. The fourth-order valence-corrected chi connectivity index (χ4v) is 1.81. The number of hydrogen-bond acceptors (Lipinski definition) is 3. The van der Waals surface area contributed by atoms with E-state index in [4.69, 9.17) is 5.73 Å². The lowest BCUT2D eigenvalue weighted by molar-refractivity contribution is -0.137. The summed E-state index contributed by atoms with van der Waals surface area (Å²) in [5.41, 5.74) is 4.75. The molecule has 0 unspecified atom stereocenters. The summed E-state index contributed by atoms with van der Waals surface area (Å²) in [6.45, 7) is 3.77. The lowest BCUT2D eigenvalue weighted by Crippen LogP contribution is -2.45. The number of halogens is 3. The molecule has 3 N–H and O–H groups in total. The number of nitrogens with one attached hydrogen (secondary N) is 1. The monoisotopic (exact) mass is 326 g/mol. The van der Waals surface area contributed by atoms with Crippen molar-refractivity contribution < 1.29 is 18.0 Å². The van der Waals surface area contributed by atoms with E-state index in [1.807, 2.05) is 0 Å². The number of nitrogens with zero attached hydrogens (tertiary/aromatic N) is 2. The normalized spacial score (nSPS) is 12.3. The highest BCUT2D eigenvalue weighted by atomic mass is 19.4. The van der Waals surface area contributed by atoms with Crippen molar-refractivity contribution in [3.8, 4) is 5.69 Å². The number of amides is 1. The molecule has 1 aromatic carbocycles. The Morgan fingerprint density at radius 1 is 1.30 bits per heavy atom. The van der Waals surface area contributed by atoms with Crippen LogP contribution in [0, 0.1) is 0 Å². The molecule has 0 aliphatic rings. The number of alkyl halides is 3. The zero-order valence-corrected chi connectivity index (χ0v) is 12.7. The van der Waals surface area contributed by atoms with E-state index in [2.05, 4.69) is 10.4 Å². The maximum atomic E-state index is 12.7. The first kappa shape index (κ1) is 17.0. The number of rotatable bonds is 4. The number of carbonyl (C=O) groups is 1. The van der Waals surface area contributed by atoms with Gasteiger partial charge in [-0.3, -0.25) is 4.79 Å². The average Bonchev–Trinajstić information content (AvgIpc) is 2.93. The van der Waals surface area contributed by atoms with Crippen LogP contribution in [0.25, 0.3) is 5.69 Å². The fraction of sp³-hybridized carbons (Fsp3) is 0.333. The maximum Gasteiger partial charge on any atom is 0.416 e. The van der Waals surface area contributed by atoms with E-state index >= 15 is 0 Å². The molecule has 1 aromatic heterocycles. The van der Waals surface area contributed by atoms with Crippen LogP contribution in [-0.2, 0) is 6.18 Å². The predicted octanol–water partition coefficient (Wildman–Crippen LogP) is 2.36. The number of nitrogens with two attached hydrogens (primary N) is 1. The molecule has 124 valence electrons. The summed E-state index contributed by atoms with van der Waals surface area (Å²) in [6.07, 6.45) is -3.01. The Kier molecular flexibility index (Phi) is 4.46. The summed E-state index contributed by atoms with van der Waals surface area (Å²) in [5, 5.41) is 6.62. The molecule has 0 saturated heterocycles. The van der Waals surface area contributed by atoms with Gasteiger partial charge in [-0.05, 0) is 38.1 Å². The lowest BCUT2D eigenvalue weighted by atomic mass is 10.1. The molecule has 8 heteroatoms. The minimum Gasteiger partial charge on any atom is -0.349 e. The van der Waals surface area contributed by atoms with Crippen LogP contribution in [0.4, 0.5) is 13.2 Å². The van der Waals surface area contributed by atoms with E-state index < -0.39 is 23.2 Å². The average molecular weight is 326 g/mol. The van der Waals surface area contributed by atoms with Gasteiger partial charge in [0, 0.05) is 18.3 Å². The van der Waals surface area contributed by atoms with Gasteiger partial charge in [-0.1, -0.05) is 6.07 Å².